The summed E-state index contributed by atoms with van der Waals surface area (Å²) in [4.78, 5) is 16.0. The van der Waals surface area contributed by atoms with Crippen LogP contribution in [0.2, 0.25) is 0 Å². The molecule has 0 saturated carbocycles. The fourth-order valence-corrected chi connectivity index (χ4v) is 2.11. The number of nitrogens with zero attached hydrogens (tertiary/aromatic N) is 1. The van der Waals surface area contributed by atoms with E-state index in [4.69, 9.17) is 10.5 Å². The van der Waals surface area contributed by atoms with Gasteiger partial charge in [0.1, 0.15) is 4.60 Å². The number of halogens is 1. The van der Waals surface area contributed by atoms with Crippen molar-refractivity contribution >= 4 is 27.7 Å². The Morgan fingerprint density at radius 3 is 3.06 bits per heavy atom. The van der Waals surface area contributed by atoms with E-state index in [9.17, 15) is 4.79 Å². The molecule has 0 spiro atoms. The van der Waals surface area contributed by atoms with E-state index in [0.29, 0.717) is 22.7 Å². The van der Waals surface area contributed by atoms with Gasteiger partial charge in [0, 0.05) is 5.92 Å². The van der Waals surface area contributed by atoms with Crippen molar-refractivity contribution in [3.05, 3.63) is 16.7 Å². The third-order valence-corrected chi connectivity index (χ3v) is 3.28. The number of ether oxygens (including phenoxy) is 1. The van der Waals surface area contributed by atoms with Crippen LogP contribution >= 0.6 is 15.9 Å². The molecule has 1 aliphatic heterocycles. The van der Waals surface area contributed by atoms with Crippen molar-refractivity contribution in [2.45, 2.75) is 19.4 Å². The first-order valence-electron chi connectivity index (χ1n) is 5.49. The van der Waals surface area contributed by atoms with E-state index in [2.05, 4.69) is 26.2 Å². The van der Waals surface area contributed by atoms with E-state index < -0.39 is 6.10 Å². The van der Waals surface area contributed by atoms with Gasteiger partial charge in [0.05, 0.1) is 0 Å². The van der Waals surface area contributed by atoms with Crippen molar-refractivity contribution in [1.29, 1.82) is 0 Å². The summed E-state index contributed by atoms with van der Waals surface area (Å²) >= 11 is 3.24. The van der Waals surface area contributed by atoms with E-state index in [-0.39, 0.29) is 11.8 Å². The highest BCUT2D eigenvalue weighted by molar-refractivity contribution is 9.10. The summed E-state index contributed by atoms with van der Waals surface area (Å²) in [5, 5.41) is 2.74. The zero-order chi connectivity index (χ0) is 12.4. The van der Waals surface area contributed by atoms with Crippen LogP contribution in [-0.2, 0) is 4.79 Å². The lowest BCUT2D eigenvalue weighted by molar-refractivity contribution is -0.125. The molecule has 1 aromatic heterocycles. The molecular weight excluding hydrogens is 286 g/mol. The van der Waals surface area contributed by atoms with Crippen molar-refractivity contribution in [2.24, 2.45) is 11.7 Å². The molecule has 2 unspecified atom stereocenters. The summed E-state index contributed by atoms with van der Waals surface area (Å²) < 4.78 is 6.32. The third-order valence-electron chi connectivity index (χ3n) is 2.83. The minimum Gasteiger partial charge on any atom is -0.476 e. The lowest BCUT2D eigenvalue weighted by Gasteiger charge is -2.29. The van der Waals surface area contributed by atoms with Crippen molar-refractivity contribution in [3.63, 3.8) is 0 Å². The summed E-state index contributed by atoms with van der Waals surface area (Å²) in [6.07, 6.45) is 0.272. The monoisotopic (exact) mass is 299 g/mol. The SMILES string of the molecule is CCC(CN)C1Oc2ccc(Br)nc2NC1=O. The predicted octanol–water partition coefficient (Wildman–Crippen LogP) is 1.53. The van der Waals surface area contributed by atoms with Crippen LogP contribution in [-0.4, -0.2) is 23.5 Å². The number of amides is 1. The largest absolute Gasteiger partial charge is 0.476 e. The number of rotatable bonds is 3. The van der Waals surface area contributed by atoms with Gasteiger partial charge in [0.25, 0.3) is 5.91 Å². The first kappa shape index (κ1) is 12.3. The Morgan fingerprint density at radius 2 is 2.41 bits per heavy atom. The zero-order valence-corrected chi connectivity index (χ0v) is 11.0. The van der Waals surface area contributed by atoms with Crippen LogP contribution in [0.15, 0.2) is 16.7 Å². The molecule has 3 N–H and O–H groups in total. The van der Waals surface area contributed by atoms with Gasteiger partial charge in [0.15, 0.2) is 17.7 Å². The van der Waals surface area contributed by atoms with Crippen molar-refractivity contribution < 1.29 is 9.53 Å². The highest BCUT2D eigenvalue weighted by atomic mass is 79.9. The summed E-state index contributed by atoms with van der Waals surface area (Å²) in [6.45, 7) is 2.41. The molecule has 2 atom stereocenters. The molecule has 0 aromatic carbocycles. The number of hydrogen-bond donors (Lipinski definition) is 2. The summed E-state index contributed by atoms with van der Waals surface area (Å²) in [5.41, 5.74) is 5.64. The number of carbonyl (C=O) groups is 1. The number of nitrogens with one attached hydrogen (secondary N) is 1. The highest BCUT2D eigenvalue weighted by Gasteiger charge is 2.33. The molecule has 2 rings (SSSR count). The van der Waals surface area contributed by atoms with Crippen LogP contribution in [0, 0.1) is 5.92 Å². The molecule has 0 fully saturated rings. The summed E-state index contributed by atoms with van der Waals surface area (Å²) in [7, 11) is 0. The molecule has 6 heteroatoms. The second-order valence-corrected chi connectivity index (χ2v) is 4.72. The lowest BCUT2D eigenvalue weighted by atomic mass is 9.98. The number of fused-ring (bicyclic) bond motifs is 1. The Hall–Kier alpha value is -1.14. The van der Waals surface area contributed by atoms with Gasteiger partial charge in [0.2, 0.25) is 0 Å². The average molecular weight is 300 g/mol. The molecule has 17 heavy (non-hydrogen) atoms. The maximum absolute atomic E-state index is 11.9. The number of anilines is 1. The number of carbonyl (C=O) groups excluding carboxylic acids is 1. The standard InChI is InChI=1S/C11H14BrN3O2/c1-2-6(5-13)9-11(16)15-10-7(17-9)3-4-8(12)14-10/h3-4,6,9H,2,5,13H2,1H3,(H,14,15,16). The molecule has 0 radical (unpaired) electrons. The molecule has 1 amide bonds. The van der Waals surface area contributed by atoms with Gasteiger partial charge in [-0.25, -0.2) is 4.98 Å². The maximum atomic E-state index is 11.9. The van der Waals surface area contributed by atoms with Gasteiger partial charge >= 0.3 is 0 Å². The first-order chi connectivity index (χ1) is 8.15. The van der Waals surface area contributed by atoms with Crippen LogP contribution < -0.4 is 15.8 Å². The quantitative estimate of drug-likeness (QED) is 0.830. The molecule has 0 bridgehead atoms. The predicted molar refractivity (Wildman–Crippen MR) is 67.8 cm³/mol. The number of hydrogen-bond acceptors (Lipinski definition) is 4. The van der Waals surface area contributed by atoms with E-state index in [1.165, 1.54) is 0 Å². The Labute approximate surface area is 108 Å². The lowest BCUT2D eigenvalue weighted by Crippen LogP contribution is -2.45. The van der Waals surface area contributed by atoms with Gasteiger partial charge < -0.3 is 15.8 Å². The van der Waals surface area contributed by atoms with Crippen molar-refractivity contribution in [2.75, 3.05) is 11.9 Å². The topological polar surface area (TPSA) is 77.2 Å². The van der Waals surface area contributed by atoms with Gasteiger partial charge in [-0.05, 0) is 41.0 Å². The van der Waals surface area contributed by atoms with Crippen LogP contribution in [0.1, 0.15) is 13.3 Å². The van der Waals surface area contributed by atoms with Crippen LogP contribution in [0.4, 0.5) is 5.82 Å². The van der Waals surface area contributed by atoms with E-state index in [0.717, 1.165) is 6.42 Å². The van der Waals surface area contributed by atoms with Crippen LogP contribution in [0.25, 0.3) is 0 Å². The molecule has 0 saturated heterocycles. The minimum atomic E-state index is -0.527. The van der Waals surface area contributed by atoms with E-state index in [1.54, 1.807) is 12.1 Å². The second-order valence-electron chi connectivity index (χ2n) is 3.91. The van der Waals surface area contributed by atoms with Crippen LogP contribution in [0.3, 0.4) is 0 Å². The maximum Gasteiger partial charge on any atom is 0.267 e. The number of nitrogens with two attached hydrogens (primary N) is 1. The summed E-state index contributed by atoms with van der Waals surface area (Å²) in [6, 6.07) is 3.55. The van der Waals surface area contributed by atoms with Crippen molar-refractivity contribution in [3.8, 4) is 5.75 Å². The zero-order valence-electron chi connectivity index (χ0n) is 9.44. The molecular formula is C11H14BrN3O2. The van der Waals surface area contributed by atoms with Gasteiger partial charge in [-0.3, -0.25) is 4.79 Å². The Bertz CT molecular complexity index is 435. The molecule has 1 aliphatic rings. The smallest absolute Gasteiger partial charge is 0.267 e. The minimum absolute atomic E-state index is 0.0202. The fourth-order valence-electron chi connectivity index (χ4n) is 1.80. The average Bonchev–Trinajstić information content (AvgIpc) is 2.31. The number of pyridine rings is 1. The van der Waals surface area contributed by atoms with Gasteiger partial charge in [-0.1, -0.05) is 6.92 Å². The third kappa shape index (κ3) is 2.42. The number of aromatic nitrogens is 1. The molecule has 0 aliphatic carbocycles. The molecule has 2 heterocycles. The first-order valence-corrected chi connectivity index (χ1v) is 6.29. The Kier molecular flexibility index (Phi) is 3.63. The summed E-state index contributed by atoms with van der Waals surface area (Å²) in [5.74, 6) is 0.879. The Morgan fingerprint density at radius 1 is 1.65 bits per heavy atom. The molecule has 1 aromatic rings. The molecule has 92 valence electrons. The second kappa shape index (κ2) is 5.01. The molecule has 5 nitrogen and oxygen atoms in total. The van der Waals surface area contributed by atoms with Gasteiger partial charge in [-0.15, -0.1) is 0 Å². The Balaban J connectivity index is 2.26. The van der Waals surface area contributed by atoms with Crippen LogP contribution in [0.5, 0.6) is 5.75 Å². The normalized spacial score (nSPS) is 20.2. The van der Waals surface area contributed by atoms with Gasteiger partial charge in [-0.2, -0.15) is 0 Å². The highest BCUT2D eigenvalue weighted by Crippen LogP contribution is 2.31. The van der Waals surface area contributed by atoms with E-state index in [1.807, 2.05) is 6.92 Å². The fraction of sp³-hybridized carbons (Fsp3) is 0.455. The van der Waals surface area contributed by atoms with Crippen molar-refractivity contribution in [1.82, 2.24) is 4.98 Å². The van der Waals surface area contributed by atoms with E-state index >= 15 is 0 Å².